The summed E-state index contributed by atoms with van der Waals surface area (Å²) in [6.45, 7) is 0. The quantitative estimate of drug-likeness (QED) is 0.594. The lowest BCUT2D eigenvalue weighted by atomic mass is 10.2. The molecule has 0 saturated carbocycles. The van der Waals surface area contributed by atoms with Crippen LogP contribution in [0.5, 0.6) is 0 Å². The number of amides is 1. The molecule has 0 unspecified atom stereocenters. The Labute approximate surface area is 136 Å². The highest BCUT2D eigenvalue weighted by Crippen LogP contribution is 2.22. The Bertz CT molecular complexity index is 677. The van der Waals surface area contributed by atoms with E-state index in [0.717, 1.165) is 0 Å². The van der Waals surface area contributed by atoms with Gasteiger partial charge in [0.25, 0.3) is 5.91 Å². The lowest BCUT2D eigenvalue weighted by Crippen LogP contribution is -2.31. The van der Waals surface area contributed by atoms with Gasteiger partial charge in [-0.05, 0) is 28.1 Å². The van der Waals surface area contributed by atoms with E-state index >= 15 is 0 Å². The Balaban J connectivity index is 2.09. The molecule has 0 fully saturated rings. The van der Waals surface area contributed by atoms with Crippen molar-refractivity contribution in [3.05, 3.63) is 40.6 Å². The van der Waals surface area contributed by atoms with Gasteiger partial charge in [-0.1, -0.05) is 12.1 Å². The molecule has 0 aliphatic carbocycles. The van der Waals surface area contributed by atoms with Crippen LogP contribution in [0, 0.1) is 0 Å². The van der Waals surface area contributed by atoms with Gasteiger partial charge in [0.15, 0.2) is 11.6 Å². The highest BCUT2D eigenvalue weighted by atomic mass is 79.9. The molecule has 9 heteroatoms. The van der Waals surface area contributed by atoms with Crippen molar-refractivity contribution in [2.45, 2.75) is 0 Å². The highest BCUT2D eigenvalue weighted by molar-refractivity contribution is 9.10. The number of anilines is 3. The molecule has 0 radical (unpaired) electrons. The molecular formula is C13H16BrN7O. The molecule has 1 aromatic carbocycles. The van der Waals surface area contributed by atoms with Gasteiger partial charge in [-0.3, -0.25) is 15.6 Å². The van der Waals surface area contributed by atoms with Crippen LogP contribution in [0.4, 0.5) is 17.3 Å². The van der Waals surface area contributed by atoms with Crippen molar-refractivity contribution in [3.8, 4) is 0 Å². The third-order valence-corrected chi connectivity index (χ3v) is 3.32. The first-order valence-electron chi connectivity index (χ1n) is 6.34. The summed E-state index contributed by atoms with van der Waals surface area (Å²) in [4.78, 5) is 20.1. The number of nitrogens with zero attached hydrogens (tertiary/aromatic N) is 3. The second-order valence-corrected chi connectivity index (χ2v) is 5.40. The molecule has 0 saturated heterocycles. The van der Waals surface area contributed by atoms with E-state index in [0.29, 0.717) is 27.4 Å². The summed E-state index contributed by atoms with van der Waals surface area (Å²) in [5.41, 5.74) is 14.9. The number of carbonyl (C=O) groups excluding carboxylic acids is 1. The first-order valence-corrected chi connectivity index (χ1v) is 7.13. The molecular weight excluding hydrogens is 350 g/mol. The second-order valence-electron chi connectivity index (χ2n) is 4.55. The van der Waals surface area contributed by atoms with Gasteiger partial charge in [0, 0.05) is 18.6 Å². The summed E-state index contributed by atoms with van der Waals surface area (Å²) in [5.74, 6) is 0.435. The van der Waals surface area contributed by atoms with E-state index in [4.69, 9.17) is 5.73 Å². The number of halogens is 1. The number of aromatic nitrogens is 2. The fourth-order valence-electron chi connectivity index (χ4n) is 1.62. The summed E-state index contributed by atoms with van der Waals surface area (Å²) in [6, 6.07) is 7.09. The summed E-state index contributed by atoms with van der Waals surface area (Å²) >= 11 is 3.32. The standard InChI is InChI=1S/C13H16BrN7O/c1-21(2)20-12-10(15)11(16-7-17-12)18-19-13(22)8-5-3-4-6-9(8)14/h3-7H,15H2,1-2H3,(H,19,22)(H2,16,17,18,20). The molecule has 0 bridgehead atoms. The van der Waals surface area contributed by atoms with Gasteiger partial charge in [-0.25, -0.2) is 15.0 Å². The van der Waals surface area contributed by atoms with Crippen LogP contribution in [0.25, 0.3) is 0 Å². The fourth-order valence-corrected chi connectivity index (χ4v) is 2.09. The maximum atomic E-state index is 12.1. The van der Waals surface area contributed by atoms with Crippen molar-refractivity contribution >= 4 is 39.2 Å². The monoisotopic (exact) mass is 365 g/mol. The van der Waals surface area contributed by atoms with E-state index in [1.807, 2.05) is 20.2 Å². The lowest BCUT2D eigenvalue weighted by Gasteiger charge is -2.16. The molecule has 2 rings (SSSR count). The van der Waals surface area contributed by atoms with Gasteiger partial charge < -0.3 is 11.2 Å². The van der Waals surface area contributed by atoms with Crippen LogP contribution < -0.4 is 22.0 Å². The van der Waals surface area contributed by atoms with Crippen LogP contribution in [0.2, 0.25) is 0 Å². The number of benzene rings is 1. The molecule has 22 heavy (non-hydrogen) atoms. The van der Waals surface area contributed by atoms with Crippen LogP contribution in [-0.2, 0) is 0 Å². The SMILES string of the molecule is CN(C)Nc1ncnc(NNC(=O)c2ccccc2Br)c1N. The molecule has 0 aliphatic heterocycles. The van der Waals surface area contributed by atoms with Gasteiger partial charge in [0.05, 0.1) is 5.56 Å². The van der Waals surface area contributed by atoms with Crippen LogP contribution in [0.3, 0.4) is 0 Å². The average Bonchev–Trinajstić information content (AvgIpc) is 2.48. The van der Waals surface area contributed by atoms with E-state index < -0.39 is 0 Å². The highest BCUT2D eigenvalue weighted by Gasteiger charge is 2.12. The molecule has 1 amide bonds. The summed E-state index contributed by atoms with van der Waals surface area (Å²) in [7, 11) is 3.62. The Kier molecular flexibility index (Phi) is 5.12. The predicted octanol–water partition coefficient (Wildman–Crippen LogP) is 1.47. The maximum Gasteiger partial charge on any atom is 0.270 e. The average molecular weight is 366 g/mol. The fraction of sp³-hybridized carbons (Fsp3) is 0.154. The van der Waals surface area contributed by atoms with E-state index in [1.165, 1.54) is 6.33 Å². The minimum atomic E-state index is -0.312. The van der Waals surface area contributed by atoms with Crippen LogP contribution >= 0.6 is 15.9 Å². The van der Waals surface area contributed by atoms with Crippen LogP contribution in [0.15, 0.2) is 35.1 Å². The van der Waals surface area contributed by atoms with Gasteiger partial charge in [-0.2, -0.15) is 0 Å². The first kappa shape index (κ1) is 16.0. The first-order chi connectivity index (χ1) is 10.5. The predicted molar refractivity (Wildman–Crippen MR) is 89.0 cm³/mol. The van der Waals surface area contributed by atoms with Crippen molar-refractivity contribution in [1.82, 2.24) is 20.4 Å². The minimum Gasteiger partial charge on any atom is -0.393 e. The summed E-state index contributed by atoms with van der Waals surface area (Å²) in [5, 5.41) is 1.70. The second kappa shape index (κ2) is 7.05. The van der Waals surface area contributed by atoms with Crippen LogP contribution in [-0.4, -0.2) is 35.0 Å². The normalized spacial score (nSPS) is 10.4. The zero-order valence-electron chi connectivity index (χ0n) is 12.1. The van der Waals surface area contributed by atoms with Gasteiger partial charge in [-0.15, -0.1) is 0 Å². The topological polar surface area (TPSA) is 108 Å². The Morgan fingerprint density at radius 2 is 1.91 bits per heavy atom. The third-order valence-electron chi connectivity index (χ3n) is 2.63. The van der Waals surface area contributed by atoms with Crippen LogP contribution in [0.1, 0.15) is 10.4 Å². The van der Waals surface area contributed by atoms with Crippen molar-refractivity contribution in [2.24, 2.45) is 0 Å². The summed E-state index contributed by atoms with van der Waals surface area (Å²) in [6.07, 6.45) is 1.34. The molecule has 116 valence electrons. The van der Waals surface area contributed by atoms with E-state index in [2.05, 4.69) is 42.2 Å². The van der Waals surface area contributed by atoms with E-state index in [9.17, 15) is 4.79 Å². The number of rotatable bonds is 5. The molecule has 1 aromatic heterocycles. The Morgan fingerprint density at radius 3 is 2.59 bits per heavy atom. The Hall–Kier alpha value is -2.39. The molecule has 0 aliphatic rings. The van der Waals surface area contributed by atoms with E-state index in [1.54, 1.807) is 23.2 Å². The van der Waals surface area contributed by atoms with E-state index in [-0.39, 0.29) is 5.91 Å². The number of nitrogens with one attached hydrogen (secondary N) is 3. The largest absolute Gasteiger partial charge is 0.393 e. The smallest absolute Gasteiger partial charge is 0.270 e. The van der Waals surface area contributed by atoms with Gasteiger partial charge in [0.1, 0.15) is 12.0 Å². The maximum absolute atomic E-state index is 12.1. The molecule has 0 atom stereocenters. The lowest BCUT2D eigenvalue weighted by molar-refractivity contribution is 0.0962. The number of carbonyl (C=O) groups is 1. The zero-order valence-corrected chi connectivity index (χ0v) is 13.7. The van der Waals surface area contributed by atoms with Crippen molar-refractivity contribution < 1.29 is 4.79 Å². The number of hydrogen-bond donors (Lipinski definition) is 4. The molecule has 8 nitrogen and oxygen atoms in total. The summed E-state index contributed by atoms with van der Waals surface area (Å²) < 4.78 is 0.694. The Morgan fingerprint density at radius 1 is 1.23 bits per heavy atom. The number of nitrogens with two attached hydrogens (primary N) is 1. The molecule has 5 N–H and O–H groups in total. The van der Waals surface area contributed by atoms with Crippen molar-refractivity contribution in [3.63, 3.8) is 0 Å². The third kappa shape index (κ3) is 3.83. The zero-order chi connectivity index (χ0) is 16.1. The van der Waals surface area contributed by atoms with Gasteiger partial charge in [0.2, 0.25) is 0 Å². The van der Waals surface area contributed by atoms with Crippen molar-refractivity contribution in [1.29, 1.82) is 0 Å². The minimum absolute atomic E-state index is 0.295. The number of hydrazine groups is 2. The molecule has 2 aromatic rings. The van der Waals surface area contributed by atoms with Crippen molar-refractivity contribution in [2.75, 3.05) is 30.7 Å². The molecule has 1 heterocycles. The van der Waals surface area contributed by atoms with Gasteiger partial charge >= 0.3 is 0 Å². The number of nitrogen functional groups attached to an aromatic ring is 1. The molecule has 0 spiro atoms. The number of hydrogen-bond acceptors (Lipinski definition) is 7.